The summed E-state index contributed by atoms with van der Waals surface area (Å²) in [5.41, 5.74) is -1.22. The number of fused-ring (bicyclic) bond motifs is 1. The monoisotopic (exact) mass is 256 g/mol. The summed E-state index contributed by atoms with van der Waals surface area (Å²) < 4.78 is 14.1. The van der Waals surface area contributed by atoms with Crippen LogP contribution in [-0.4, -0.2) is 9.49 Å². The first-order valence-corrected chi connectivity index (χ1v) is 4.93. The molecular weight excluding hydrogens is 251 g/mol. The van der Waals surface area contributed by atoms with Crippen LogP contribution < -0.4 is 5.56 Å². The highest BCUT2D eigenvalue weighted by atomic mass is 35.5. The van der Waals surface area contributed by atoms with Gasteiger partial charge in [0.05, 0.1) is 10.4 Å². The standard InChI is InChI=1S/C10H6ClFN2O3/c1-13-7-3-2-5(12)4-6(7)8(11)9(10(13)15)14(16)17/h2-4H,1H3. The molecule has 1 heterocycles. The maximum Gasteiger partial charge on any atom is 0.353 e. The minimum atomic E-state index is -0.866. The van der Waals surface area contributed by atoms with Gasteiger partial charge >= 0.3 is 11.2 Å². The van der Waals surface area contributed by atoms with E-state index in [-0.39, 0.29) is 10.4 Å². The Balaban J connectivity index is 3.06. The number of aryl methyl sites for hydroxylation is 1. The predicted molar refractivity (Wildman–Crippen MR) is 60.8 cm³/mol. The van der Waals surface area contributed by atoms with Crippen LogP contribution in [-0.2, 0) is 7.05 Å². The van der Waals surface area contributed by atoms with Crippen LogP contribution in [0, 0.1) is 15.9 Å². The fourth-order valence-corrected chi connectivity index (χ4v) is 1.93. The zero-order chi connectivity index (χ0) is 12.7. The number of hydrogen-bond acceptors (Lipinski definition) is 3. The van der Waals surface area contributed by atoms with E-state index in [1.165, 1.54) is 13.1 Å². The first-order chi connectivity index (χ1) is 7.93. The van der Waals surface area contributed by atoms with Gasteiger partial charge in [0.1, 0.15) is 10.8 Å². The molecule has 5 nitrogen and oxygen atoms in total. The van der Waals surface area contributed by atoms with E-state index in [0.717, 1.165) is 16.7 Å². The van der Waals surface area contributed by atoms with Crippen molar-refractivity contribution >= 4 is 28.2 Å². The van der Waals surface area contributed by atoms with Crippen LogP contribution in [0.3, 0.4) is 0 Å². The largest absolute Gasteiger partial charge is 0.353 e. The number of nitro groups is 1. The molecule has 0 radical (unpaired) electrons. The van der Waals surface area contributed by atoms with Crippen molar-refractivity contribution in [1.82, 2.24) is 4.57 Å². The van der Waals surface area contributed by atoms with Crippen LogP contribution >= 0.6 is 11.6 Å². The molecule has 0 amide bonds. The van der Waals surface area contributed by atoms with Crippen LogP contribution in [0.5, 0.6) is 0 Å². The molecule has 7 heteroatoms. The Morgan fingerprint density at radius 3 is 2.71 bits per heavy atom. The lowest BCUT2D eigenvalue weighted by Gasteiger charge is -2.06. The van der Waals surface area contributed by atoms with Crippen LogP contribution in [0.15, 0.2) is 23.0 Å². The van der Waals surface area contributed by atoms with Gasteiger partial charge in [-0.25, -0.2) is 4.39 Å². The summed E-state index contributed by atoms with van der Waals surface area (Å²) in [6.07, 6.45) is 0. The number of pyridine rings is 1. The van der Waals surface area contributed by atoms with Gasteiger partial charge in [0, 0.05) is 12.4 Å². The van der Waals surface area contributed by atoms with Crippen molar-refractivity contribution < 1.29 is 9.31 Å². The zero-order valence-electron chi connectivity index (χ0n) is 8.61. The molecule has 0 aliphatic carbocycles. The van der Waals surface area contributed by atoms with E-state index in [2.05, 4.69) is 0 Å². The molecule has 0 aliphatic rings. The molecule has 17 heavy (non-hydrogen) atoms. The summed E-state index contributed by atoms with van der Waals surface area (Å²) in [5, 5.41) is 10.5. The highest BCUT2D eigenvalue weighted by Gasteiger charge is 2.23. The molecular formula is C10H6ClFN2O3. The third kappa shape index (κ3) is 1.66. The minimum absolute atomic E-state index is 0.139. The number of hydrogen-bond donors (Lipinski definition) is 0. The minimum Gasteiger partial charge on any atom is -0.305 e. The molecule has 0 atom stereocenters. The summed E-state index contributed by atoms with van der Waals surface area (Å²) in [4.78, 5) is 21.5. The number of halogens is 2. The van der Waals surface area contributed by atoms with Crippen molar-refractivity contribution in [1.29, 1.82) is 0 Å². The Morgan fingerprint density at radius 1 is 1.47 bits per heavy atom. The smallest absolute Gasteiger partial charge is 0.305 e. The second-order valence-electron chi connectivity index (χ2n) is 3.45. The Kier molecular flexibility index (Phi) is 2.59. The molecule has 0 aliphatic heterocycles. The Hall–Kier alpha value is -1.95. The molecule has 1 aromatic carbocycles. The van der Waals surface area contributed by atoms with Gasteiger partial charge in [-0.15, -0.1) is 0 Å². The molecule has 0 fully saturated rings. The molecule has 2 rings (SSSR count). The van der Waals surface area contributed by atoms with E-state index >= 15 is 0 Å². The molecule has 0 N–H and O–H groups in total. The van der Waals surface area contributed by atoms with Gasteiger partial charge in [-0.1, -0.05) is 11.6 Å². The van der Waals surface area contributed by atoms with Crippen molar-refractivity contribution in [3.8, 4) is 0 Å². The molecule has 2 aromatic rings. The van der Waals surface area contributed by atoms with Gasteiger partial charge in [0.15, 0.2) is 0 Å². The molecule has 1 aromatic heterocycles. The molecule has 0 unspecified atom stereocenters. The second-order valence-corrected chi connectivity index (χ2v) is 3.82. The van der Waals surface area contributed by atoms with Crippen molar-refractivity contribution in [3.63, 3.8) is 0 Å². The maximum atomic E-state index is 13.1. The van der Waals surface area contributed by atoms with Gasteiger partial charge in [0.25, 0.3) is 0 Å². The topological polar surface area (TPSA) is 65.1 Å². The SMILES string of the molecule is Cn1c(=O)c([N+](=O)[O-])c(Cl)c2cc(F)ccc21. The van der Waals surface area contributed by atoms with Crippen molar-refractivity contribution in [2.45, 2.75) is 0 Å². The van der Waals surface area contributed by atoms with Crippen LogP contribution in [0.4, 0.5) is 10.1 Å². The molecule has 0 spiro atoms. The van der Waals surface area contributed by atoms with Crippen molar-refractivity contribution in [3.05, 3.63) is 49.5 Å². The summed E-state index contributed by atoms with van der Waals surface area (Å²) in [6, 6.07) is 3.57. The van der Waals surface area contributed by atoms with Gasteiger partial charge in [0.2, 0.25) is 0 Å². The third-order valence-electron chi connectivity index (χ3n) is 2.45. The van der Waals surface area contributed by atoms with Gasteiger partial charge < -0.3 is 4.57 Å². The Morgan fingerprint density at radius 2 is 2.12 bits per heavy atom. The van der Waals surface area contributed by atoms with Gasteiger partial charge in [-0.3, -0.25) is 14.9 Å². The van der Waals surface area contributed by atoms with E-state index < -0.39 is 22.0 Å². The molecule has 0 saturated carbocycles. The number of rotatable bonds is 1. The lowest BCUT2D eigenvalue weighted by Crippen LogP contribution is -2.20. The summed E-state index contributed by atoms with van der Waals surface area (Å²) >= 11 is 5.76. The van der Waals surface area contributed by atoms with Gasteiger partial charge in [-0.05, 0) is 18.2 Å². The first kappa shape index (κ1) is 11.5. The number of nitrogens with zero attached hydrogens (tertiary/aromatic N) is 2. The lowest BCUT2D eigenvalue weighted by molar-refractivity contribution is -0.386. The van der Waals surface area contributed by atoms with Crippen LogP contribution in [0.1, 0.15) is 0 Å². The molecule has 0 bridgehead atoms. The van der Waals surface area contributed by atoms with Gasteiger partial charge in [-0.2, -0.15) is 0 Å². The normalized spacial score (nSPS) is 10.8. The average Bonchev–Trinajstić information content (AvgIpc) is 2.26. The fourth-order valence-electron chi connectivity index (χ4n) is 1.62. The number of aromatic nitrogens is 1. The summed E-state index contributed by atoms with van der Waals surface area (Å²) in [7, 11) is 1.37. The maximum absolute atomic E-state index is 13.1. The first-order valence-electron chi connectivity index (χ1n) is 4.55. The fraction of sp³-hybridized carbons (Fsp3) is 0.100. The van der Waals surface area contributed by atoms with E-state index in [1.54, 1.807) is 0 Å². The third-order valence-corrected chi connectivity index (χ3v) is 2.84. The van der Waals surface area contributed by atoms with E-state index in [0.29, 0.717) is 5.52 Å². The van der Waals surface area contributed by atoms with Crippen molar-refractivity contribution in [2.24, 2.45) is 7.05 Å². The highest BCUT2D eigenvalue weighted by molar-refractivity contribution is 6.37. The van der Waals surface area contributed by atoms with E-state index in [1.807, 2.05) is 0 Å². The molecule has 0 saturated heterocycles. The van der Waals surface area contributed by atoms with E-state index in [4.69, 9.17) is 11.6 Å². The average molecular weight is 257 g/mol. The Bertz CT molecular complexity index is 696. The Labute approximate surface area is 99.2 Å². The predicted octanol–water partition coefficient (Wildman–Crippen LogP) is 2.24. The second kappa shape index (κ2) is 3.81. The summed E-state index contributed by atoms with van der Waals surface area (Å²) in [5.74, 6) is -0.577. The van der Waals surface area contributed by atoms with Crippen LogP contribution in [0.2, 0.25) is 5.02 Å². The van der Waals surface area contributed by atoms with Crippen LogP contribution in [0.25, 0.3) is 10.9 Å². The zero-order valence-corrected chi connectivity index (χ0v) is 9.36. The highest BCUT2D eigenvalue weighted by Crippen LogP contribution is 2.29. The van der Waals surface area contributed by atoms with Crippen molar-refractivity contribution in [2.75, 3.05) is 0 Å². The molecule has 88 valence electrons. The quantitative estimate of drug-likeness (QED) is 0.580. The lowest BCUT2D eigenvalue weighted by atomic mass is 10.2. The number of benzene rings is 1. The van der Waals surface area contributed by atoms with E-state index in [9.17, 15) is 19.3 Å². The summed E-state index contributed by atoms with van der Waals surface area (Å²) in [6.45, 7) is 0.